The third-order valence-corrected chi connectivity index (χ3v) is 7.11. The van der Waals surface area contributed by atoms with E-state index in [9.17, 15) is 4.21 Å². The van der Waals surface area contributed by atoms with E-state index in [0.29, 0.717) is 17.7 Å². The van der Waals surface area contributed by atoms with Crippen LogP contribution in [-0.4, -0.2) is 17.0 Å². The van der Waals surface area contributed by atoms with Crippen molar-refractivity contribution in [3.05, 3.63) is 58.4 Å². The fourth-order valence-corrected chi connectivity index (χ4v) is 4.18. The zero-order chi connectivity index (χ0) is 23.4. The van der Waals surface area contributed by atoms with Gasteiger partial charge in [0.2, 0.25) is 0 Å². The third kappa shape index (κ3) is 7.46. The van der Waals surface area contributed by atoms with Crippen molar-refractivity contribution < 1.29 is 13.3 Å². The second-order valence-electron chi connectivity index (χ2n) is 9.37. The van der Waals surface area contributed by atoms with Crippen molar-refractivity contribution in [1.29, 1.82) is 0 Å². The van der Waals surface area contributed by atoms with Crippen LogP contribution < -0.4 is 9.46 Å². The van der Waals surface area contributed by atoms with E-state index in [1.165, 1.54) is 0 Å². The molecule has 0 aliphatic rings. The first-order chi connectivity index (χ1) is 14.3. The van der Waals surface area contributed by atoms with Crippen LogP contribution in [0.1, 0.15) is 51.3 Å². The summed E-state index contributed by atoms with van der Waals surface area (Å²) in [7, 11) is -2.80. The maximum Gasteiger partial charge on any atom is 0.181 e. The number of halogens is 2. The lowest BCUT2D eigenvalue weighted by Crippen LogP contribution is -2.35. The predicted octanol–water partition coefficient (Wildman–Crippen LogP) is 7.00. The maximum absolute atomic E-state index is 15.4. The molecule has 0 radical (unpaired) electrons. The number of rotatable bonds is 6. The Morgan fingerprint density at radius 1 is 1.16 bits per heavy atom. The van der Waals surface area contributed by atoms with E-state index in [1.54, 1.807) is 24.3 Å². The Kier molecular flexibility index (Phi) is 8.52. The molecule has 2 rings (SSSR count). The molecule has 2 aromatic carbocycles. The summed E-state index contributed by atoms with van der Waals surface area (Å²) in [6, 6.07) is 9.98. The SMILES string of the molecule is CC[C@@H](N[S@](=O)C(C)(C)C)c1ccc(Cl)c(Oc2ccc(C#C[Si](C)(C)C)cc2)c1F. The van der Waals surface area contributed by atoms with Crippen molar-refractivity contribution in [2.75, 3.05) is 0 Å². The molecule has 0 saturated carbocycles. The quantitative estimate of drug-likeness (QED) is 0.357. The first-order valence-electron chi connectivity index (χ1n) is 10.3. The third-order valence-electron chi connectivity index (χ3n) is 4.32. The molecule has 0 saturated heterocycles. The van der Waals surface area contributed by atoms with E-state index < -0.39 is 35.7 Å². The molecule has 2 atom stereocenters. The van der Waals surface area contributed by atoms with E-state index in [2.05, 4.69) is 35.8 Å². The molecule has 0 aromatic heterocycles. The summed E-state index contributed by atoms with van der Waals surface area (Å²) in [4.78, 5) is 0. The molecule has 0 spiro atoms. The summed E-state index contributed by atoms with van der Waals surface area (Å²) in [6.45, 7) is 14.1. The Hall–Kier alpha value is -1.65. The molecule has 31 heavy (non-hydrogen) atoms. The van der Waals surface area contributed by atoms with E-state index in [0.717, 1.165) is 5.56 Å². The van der Waals surface area contributed by atoms with E-state index in [1.807, 2.05) is 39.8 Å². The monoisotopic (exact) mass is 479 g/mol. The summed E-state index contributed by atoms with van der Waals surface area (Å²) >= 11 is 6.25. The average molecular weight is 480 g/mol. The van der Waals surface area contributed by atoms with Gasteiger partial charge in [0, 0.05) is 17.2 Å². The molecule has 0 unspecified atom stereocenters. The molecule has 7 heteroatoms. The van der Waals surface area contributed by atoms with Gasteiger partial charge in [0.05, 0.1) is 20.8 Å². The first kappa shape index (κ1) is 25.6. The largest absolute Gasteiger partial charge is 0.453 e. The van der Waals surface area contributed by atoms with Crippen LogP contribution >= 0.6 is 11.6 Å². The Balaban J connectivity index is 2.30. The summed E-state index contributed by atoms with van der Waals surface area (Å²) < 4.78 is 36.3. The lowest BCUT2D eigenvalue weighted by Gasteiger charge is -2.24. The van der Waals surface area contributed by atoms with Crippen LogP contribution in [0.15, 0.2) is 36.4 Å². The molecular weight excluding hydrogens is 449 g/mol. The Labute approximate surface area is 194 Å². The summed E-state index contributed by atoms with van der Waals surface area (Å²) in [5, 5.41) is 0.177. The maximum atomic E-state index is 15.4. The lowest BCUT2D eigenvalue weighted by atomic mass is 10.0. The molecule has 3 nitrogen and oxygen atoms in total. The second kappa shape index (κ2) is 10.3. The minimum atomic E-state index is -1.46. The molecule has 0 heterocycles. The molecule has 2 aromatic rings. The highest BCUT2D eigenvalue weighted by Gasteiger charge is 2.26. The Morgan fingerprint density at radius 3 is 2.29 bits per heavy atom. The molecule has 1 N–H and O–H groups in total. The van der Waals surface area contributed by atoms with Crippen LogP contribution in [0.5, 0.6) is 11.5 Å². The van der Waals surface area contributed by atoms with Crippen molar-refractivity contribution in [3.63, 3.8) is 0 Å². The minimum absolute atomic E-state index is 0.0399. The second-order valence-corrected chi connectivity index (χ2v) is 16.5. The van der Waals surface area contributed by atoms with Crippen molar-refractivity contribution in [3.8, 4) is 23.0 Å². The van der Waals surface area contributed by atoms with Crippen LogP contribution in [0.25, 0.3) is 0 Å². The average Bonchev–Trinajstić information content (AvgIpc) is 2.67. The Morgan fingerprint density at radius 2 is 1.77 bits per heavy atom. The van der Waals surface area contributed by atoms with Gasteiger partial charge in [-0.05, 0) is 57.5 Å². The fraction of sp³-hybridized carbons (Fsp3) is 0.417. The molecule has 0 bridgehead atoms. The molecule has 168 valence electrons. The lowest BCUT2D eigenvalue weighted by molar-refractivity contribution is 0.432. The molecule has 0 amide bonds. The topological polar surface area (TPSA) is 38.3 Å². The van der Waals surface area contributed by atoms with Crippen LogP contribution in [-0.2, 0) is 11.0 Å². The van der Waals surface area contributed by atoms with Gasteiger partial charge in [-0.25, -0.2) is 13.3 Å². The zero-order valence-electron chi connectivity index (χ0n) is 19.2. The van der Waals surface area contributed by atoms with Crippen molar-refractivity contribution in [2.24, 2.45) is 0 Å². The van der Waals surface area contributed by atoms with Gasteiger partial charge in [-0.15, -0.1) is 5.54 Å². The van der Waals surface area contributed by atoms with Gasteiger partial charge in [0.25, 0.3) is 0 Å². The van der Waals surface area contributed by atoms with Gasteiger partial charge in [0.15, 0.2) is 11.6 Å². The number of ether oxygens (including phenoxy) is 1. The minimum Gasteiger partial charge on any atom is -0.453 e. The van der Waals surface area contributed by atoms with Crippen molar-refractivity contribution in [1.82, 2.24) is 4.72 Å². The zero-order valence-corrected chi connectivity index (χ0v) is 21.8. The van der Waals surface area contributed by atoms with Gasteiger partial charge in [-0.2, -0.15) is 0 Å². The highest BCUT2D eigenvalue weighted by molar-refractivity contribution is 7.84. The van der Waals surface area contributed by atoms with E-state index in [4.69, 9.17) is 16.3 Å². The van der Waals surface area contributed by atoms with Gasteiger partial charge >= 0.3 is 0 Å². The van der Waals surface area contributed by atoms with Gasteiger partial charge in [0.1, 0.15) is 13.8 Å². The smallest absolute Gasteiger partial charge is 0.181 e. The number of hydrogen-bond acceptors (Lipinski definition) is 2. The van der Waals surface area contributed by atoms with Crippen LogP contribution in [0.4, 0.5) is 4.39 Å². The molecule has 0 aliphatic carbocycles. The molecule has 0 fully saturated rings. The highest BCUT2D eigenvalue weighted by atomic mass is 35.5. The summed E-state index contributed by atoms with van der Waals surface area (Å²) in [6.07, 6.45) is 0.560. The van der Waals surface area contributed by atoms with Crippen LogP contribution in [0, 0.1) is 17.3 Å². The van der Waals surface area contributed by atoms with Gasteiger partial charge < -0.3 is 4.74 Å². The van der Waals surface area contributed by atoms with Crippen molar-refractivity contribution >= 4 is 30.7 Å². The summed E-state index contributed by atoms with van der Waals surface area (Å²) in [5.41, 5.74) is 4.57. The summed E-state index contributed by atoms with van der Waals surface area (Å²) in [5.74, 6) is 3.05. The predicted molar refractivity (Wildman–Crippen MR) is 132 cm³/mol. The standard InChI is InChI=1S/C24H31ClFNO2SSi/c1-8-21(27-30(28)24(2,3)4)19-13-14-20(25)23(22(19)26)29-18-11-9-17(10-12-18)15-16-31(5,6)7/h9-14,21,27H,8H2,1-7H3/t21-,30-/m1/s1. The highest BCUT2D eigenvalue weighted by Crippen LogP contribution is 2.37. The van der Waals surface area contributed by atoms with Crippen molar-refractivity contribution in [2.45, 2.75) is 64.5 Å². The van der Waals surface area contributed by atoms with Crippen LogP contribution in [0.3, 0.4) is 0 Å². The number of nitrogens with one attached hydrogen (secondary N) is 1. The Bertz CT molecular complexity index is 1000. The first-order valence-corrected chi connectivity index (χ1v) is 15.3. The fourth-order valence-electron chi connectivity index (χ4n) is 2.57. The van der Waals surface area contributed by atoms with E-state index >= 15 is 4.39 Å². The molecular formula is C24H31ClFNO2SSi. The van der Waals surface area contributed by atoms with Gasteiger partial charge in [-0.3, -0.25) is 0 Å². The van der Waals surface area contributed by atoms with Crippen LogP contribution in [0.2, 0.25) is 24.7 Å². The van der Waals surface area contributed by atoms with Gasteiger partial charge in [-0.1, -0.05) is 50.2 Å². The number of benzene rings is 2. The normalized spacial score (nSPS) is 13.8. The molecule has 0 aliphatic heterocycles. The number of hydrogen-bond donors (Lipinski definition) is 1. The van der Waals surface area contributed by atoms with E-state index in [-0.39, 0.29) is 10.8 Å².